The predicted molar refractivity (Wildman–Crippen MR) is 88.6 cm³/mol. The third-order valence-corrected chi connectivity index (χ3v) is 6.10. The minimum atomic E-state index is -0.409. The van der Waals surface area contributed by atoms with Gasteiger partial charge in [-0.2, -0.15) is 11.8 Å². The largest absolute Gasteiger partial charge is 0.496 e. The van der Waals surface area contributed by atoms with Crippen molar-refractivity contribution in [3.63, 3.8) is 0 Å². The van der Waals surface area contributed by atoms with Gasteiger partial charge in [0.2, 0.25) is 5.91 Å². The molecule has 22 heavy (non-hydrogen) atoms. The number of carbonyl (C=O) groups excluding carboxylic acids is 1. The molecule has 4 nitrogen and oxygen atoms in total. The molecule has 2 aliphatic rings. The van der Waals surface area contributed by atoms with Gasteiger partial charge in [0.25, 0.3) is 0 Å². The van der Waals surface area contributed by atoms with Gasteiger partial charge in [-0.15, -0.1) is 0 Å². The first-order valence-electron chi connectivity index (χ1n) is 7.70. The van der Waals surface area contributed by atoms with E-state index in [1.807, 2.05) is 36.0 Å². The number of para-hydroxylation sites is 1. The Bertz CT molecular complexity index is 551. The Hall–Kier alpha value is -1.20. The first kappa shape index (κ1) is 15.7. The van der Waals surface area contributed by atoms with Crippen molar-refractivity contribution in [2.24, 2.45) is 0 Å². The zero-order valence-corrected chi connectivity index (χ0v) is 14.0. The predicted octanol–water partition coefficient (Wildman–Crippen LogP) is 2.37. The third kappa shape index (κ3) is 2.72. The molecule has 0 radical (unpaired) electrons. The molecule has 1 heterocycles. The van der Waals surface area contributed by atoms with E-state index in [-0.39, 0.29) is 11.5 Å². The Balaban J connectivity index is 1.72. The maximum absolute atomic E-state index is 12.8. The van der Waals surface area contributed by atoms with Gasteiger partial charge in [-0.25, -0.2) is 0 Å². The summed E-state index contributed by atoms with van der Waals surface area (Å²) >= 11 is 1.89. The fourth-order valence-electron chi connectivity index (χ4n) is 3.16. The summed E-state index contributed by atoms with van der Waals surface area (Å²) in [4.78, 5) is 12.8. The molecule has 5 heteroatoms. The lowest BCUT2D eigenvalue weighted by Gasteiger charge is -2.28. The summed E-state index contributed by atoms with van der Waals surface area (Å²) < 4.78 is 11.1. The number of ether oxygens (including phenoxy) is 2. The van der Waals surface area contributed by atoms with Crippen LogP contribution in [-0.4, -0.2) is 43.8 Å². The molecule has 1 saturated carbocycles. The van der Waals surface area contributed by atoms with Gasteiger partial charge in [-0.05, 0) is 31.1 Å². The van der Waals surface area contributed by atoms with Gasteiger partial charge in [0.15, 0.2) is 0 Å². The van der Waals surface area contributed by atoms with Crippen molar-refractivity contribution in [3.8, 4) is 5.75 Å². The van der Waals surface area contributed by atoms with Crippen LogP contribution in [0.5, 0.6) is 5.75 Å². The highest BCUT2D eigenvalue weighted by Crippen LogP contribution is 2.51. The number of carbonyl (C=O) groups is 1. The Labute approximate surface area is 135 Å². The molecule has 2 fully saturated rings. The molecule has 1 aromatic rings. The maximum Gasteiger partial charge on any atom is 0.230 e. The highest BCUT2D eigenvalue weighted by Gasteiger charge is 2.53. The lowest BCUT2D eigenvalue weighted by Crippen LogP contribution is -2.47. The number of hydrogen-bond acceptors (Lipinski definition) is 4. The van der Waals surface area contributed by atoms with Crippen molar-refractivity contribution in [1.82, 2.24) is 5.32 Å². The Morgan fingerprint density at radius 3 is 2.64 bits per heavy atom. The van der Waals surface area contributed by atoms with Gasteiger partial charge >= 0.3 is 0 Å². The molecule has 1 aromatic carbocycles. The van der Waals surface area contributed by atoms with E-state index in [2.05, 4.69) is 5.32 Å². The molecule has 1 amide bonds. The number of nitrogens with one attached hydrogen (secondary N) is 1. The van der Waals surface area contributed by atoms with E-state index in [0.29, 0.717) is 6.54 Å². The molecular formula is C17H23NO3S. The average Bonchev–Trinajstić information content (AvgIpc) is 3.25. The molecule has 1 aliphatic carbocycles. The normalized spacial score (nSPS) is 25.7. The van der Waals surface area contributed by atoms with E-state index in [0.717, 1.165) is 42.1 Å². The summed E-state index contributed by atoms with van der Waals surface area (Å²) in [6.45, 7) is 0.590. The van der Waals surface area contributed by atoms with Gasteiger partial charge in [-0.3, -0.25) is 4.79 Å². The second kappa shape index (κ2) is 6.13. The number of thioether (sulfide) groups is 1. The maximum atomic E-state index is 12.8. The van der Waals surface area contributed by atoms with Crippen LogP contribution in [0.2, 0.25) is 0 Å². The molecule has 1 saturated heterocycles. The first-order chi connectivity index (χ1) is 10.7. The quantitative estimate of drug-likeness (QED) is 0.874. The van der Waals surface area contributed by atoms with Crippen LogP contribution in [0, 0.1) is 0 Å². The van der Waals surface area contributed by atoms with E-state index in [1.54, 1.807) is 14.2 Å². The van der Waals surface area contributed by atoms with Crippen molar-refractivity contribution >= 4 is 17.7 Å². The van der Waals surface area contributed by atoms with Gasteiger partial charge in [0.1, 0.15) is 5.75 Å². The Morgan fingerprint density at radius 1 is 1.27 bits per heavy atom. The molecule has 120 valence electrons. The van der Waals surface area contributed by atoms with Crippen molar-refractivity contribution in [3.05, 3.63) is 29.8 Å². The SMILES string of the molecule is COc1ccccc1C1(C(=O)NCC2(OC)CCSC2)CC1. The molecule has 0 aromatic heterocycles. The van der Waals surface area contributed by atoms with Gasteiger partial charge in [0.05, 0.1) is 18.1 Å². The molecular weight excluding hydrogens is 298 g/mol. The Morgan fingerprint density at radius 2 is 2.05 bits per heavy atom. The molecule has 1 unspecified atom stereocenters. The van der Waals surface area contributed by atoms with Crippen LogP contribution >= 0.6 is 11.8 Å². The number of rotatable bonds is 6. The average molecular weight is 321 g/mol. The van der Waals surface area contributed by atoms with E-state index >= 15 is 0 Å². The fourth-order valence-corrected chi connectivity index (χ4v) is 4.55. The minimum absolute atomic E-state index is 0.102. The highest BCUT2D eigenvalue weighted by atomic mass is 32.2. The molecule has 0 spiro atoms. The van der Waals surface area contributed by atoms with Crippen molar-refractivity contribution < 1.29 is 14.3 Å². The summed E-state index contributed by atoms with van der Waals surface area (Å²) in [5.74, 6) is 2.95. The van der Waals surface area contributed by atoms with Crippen molar-refractivity contribution in [2.45, 2.75) is 30.3 Å². The second-order valence-electron chi connectivity index (χ2n) is 6.15. The number of methoxy groups -OCH3 is 2. The summed E-state index contributed by atoms with van der Waals surface area (Å²) in [6, 6.07) is 7.83. The molecule has 1 N–H and O–H groups in total. The van der Waals surface area contributed by atoms with E-state index in [1.165, 1.54) is 0 Å². The van der Waals surface area contributed by atoms with Crippen LogP contribution in [0.1, 0.15) is 24.8 Å². The number of benzene rings is 1. The summed E-state index contributed by atoms with van der Waals surface area (Å²) in [5.41, 5.74) is 0.395. The van der Waals surface area contributed by atoms with Crippen LogP contribution in [0.3, 0.4) is 0 Å². The lowest BCUT2D eigenvalue weighted by molar-refractivity contribution is -0.125. The van der Waals surface area contributed by atoms with Gasteiger partial charge in [-0.1, -0.05) is 18.2 Å². The molecule has 1 aliphatic heterocycles. The third-order valence-electron chi connectivity index (χ3n) is 4.88. The molecule has 1 atom stereocenters. The first-order valence-corrected chi connectivity index (χ1v) is 8.86. The van der Waals surface area contributed by atoms with Crippen LogP contribution in [0.4, 0.5) is 0 Å². The fraction of sp³-hybridized carbons (Fsp3) is 0.588. The minimum Gasteiger partial charge on any atom is -0.496 e. The lowest BCUT2D eigenvalue weighted by atomic mass is 9.93. The number of hydrogen-bond donors (Lipinski definition) is 1. The summed E-state index contributed by atoms with van der Waals surface area (Å²) in [6.07, 6.45) is 2.76. The molecule has 3 rings (SSSR count). The zero-order valence-electron chi connectivity index (χ0n) is 13.2. The Kier molecular flexibility index (Phi) is 4.37. The van der Waals surface area contributed by atoms with Crippen LogP contribution in [0.25, 0.3) is 0 Å². The standard InChI is InChI=1S/C17H23NO3S/c1-20-14-6-4-3-5-13(14)17(7-8-17)15(19)18-11-16(21-2)9-10-22-12-16/h3-6H,7-12H2,1-2H3,(H,18,19). The summed E-state index contributed by atoms with van der Waals surface area (Å²) in [5, 5.41) is 3.14. The topological polar surface area (TPSA) is 47.6 Å². The number of amides is 1. The van der Waals surface area contributed by atoms with E-state index in [9.17, 15) is 4.79 Å². The second-order valence-corrected chi connectivity index (χ2v) is 7.26. The highest BCUT2D eigenvalue weighted by molar-refractivity contribution is 7.99. The smallest absolute Gasteiger partial charge is 0.230 e. The monoisotopic (exact) mass is 321 g/mol. The van der Waals surface area contributed by atoms with Crippen LogP contribution < -0.4 is 10.1 Å². The van der Waals surface area contributed by atoms with E-state index < -0.39 is 5.41 Å². The summed E-state index contributed by atoms with van der Waals surface area (Å²) in [7, 11) is 3.40. The van der Waals surface area contributed by atoms with Crippen molar-refractivity contribution in [1.29, 1.82) is 0 Å². The van der Waals surface area contributed by atoms with Crippen molar-refractivity contribution in [2.75, 3.05) is 32.3 Å². The molecule has 0 bridgehead atoms. The van der Waals surface area contributed by atoms with Crippen LogP contribution in [-0.2, 0) is 14.9 Å². The van der Waals surface area contributed by atoms with E-state index in [4.69, 9.17) is 9.47 Å². The van der Waals surface area contributed by atoms with Crippen LogP contribution in [0.15, 0.2) is 24.3 Å². The van der Waals surface area contributed by atoms with Gasteiger partial charge in [0, 0.05) is 25.0 Å². The zero-order chi connectivity index (χ0) is 15.6. The van der Waals surface area contributed by atoms with Gasteiger partial charge < -0.3 is 14.8 Å².